The van der Waals surface area contributed by atoms with E-state index in [9.17, 15) is 9.18 Å². The molecule has 1 aliphatic carbocycles. The molecule has 0 heterocycles. The van der Waals surface area contributed by atoms with Gasteiger partial charge in [-0.2, -0.15) is 0 Å². The van der Waals surface area contributed by atoms with Crippen LogP contribution >= 0.6 is 23.2 Å². The summed E-state index contributed by atoms with van der Waals surface area (Å²) in [6, 6.07) is 2.28. The monoisotopic (exact) mass is 303 g/mol. The minimum Gasteiger partial charge on any atom is -0.351 e. The lowest BCUT2D eigenvalue weighted by molar-refractivity contribution is -0.111. The second-order valence-electron chi connectivity index (χ2n) is 5.34. The zero-order chi connectivity index (χ0) is 14.0. The molecule has 1 saturated carbocycles. The summed E-state index contributed by atoms with van der Waals surface area (Å²) in [4.78, 5) is 10.9. The molecule has 2 nitrogen and oxygen atoms in total. The van der Waals surface area contributed by atoms with E-state index < -0.39 is 11.9 Å². The molecule has 1 aromatic carbocycles. The van der Waals surface area contributed by atoms with Crippen molar-refractivity contribution in [2.75, 3.05) is 0 Å². The van der Waals surface area contributed by atoms with E-state index in [0.717, 1.165) is 25.7 Å². The van der Waals surface area contributed by atoms with E-state index in [1.165, 1.54) is 12.1 Å². The van der Waals surface area contributed by atoms with E-state index >= 15 is 0 Å². The van der Waals surface area contributed by atoms with Crippen LogP contribution in [0, 0.1) is 11.2 Å². The molecule has 19 heavy (non-hydrogen) atoms. The Balaban J connectivity index is 2.50. The molecule has 0 radical (unpaired) electrons. The predicted molar refractivity (Wildman–Crippen MR) is 74.9 cm³/mol. The highest BCUT2D eigenvalue weighted by Gasteiger charge is 2.40. The van der Waals surface area contributed by atoms with Crippen LogP contribution in [0.3, 0.4) is 0 Å². The van der Waals surface area contributed by atoms with E-state index in [2.05, 4.69) is 12.2 Å². The number of rotatable bonds is 4. The molecule has 104 valence electrons. The van der Waals surface area contributed by atoms with E-state index in [1.54, 1.807) is 0 Å². The van der Waals surface area contributed by atoms with Gasteiger partial charge in [0.1, 0.15) is 5.82 Å². The predicted octanol–water partition coefficient (Wildman–Crippen LogP) is 4.50. The number of carbonyl (C=O) groups excluding carboxylic acids is 1. The fourth-order valence-corrected chi connectivity index (χ4v) is 3.41. The molecule has 0 spiro atoms. The van der Waals surface area contributed by atoms with Gasteiger partial charge in [-0.1, -0.05) is 43.0 Å². The van der Waals surface area contributed by atoms with Gasteiger partial charge in [-0.05, 0) is 30.4 Å². The molecule has 0 unspecified atom stereocenters. The molecule has 1 fully saturated rings. The van der Waals surface area contributed by atoms with Gasteiger partial charge in [0.25, 0.3) is 0 Å². The number of amides is 1. The molecule has 1 atom stereocenters. The zero-order valence-corrected chi connectivity index (χ0v) is 12.2. The van der Waals surface area contributed by atoms with Gasteiger partial charge in [0.05, 0.1) is 16.1 Å². The van der Waals surface area contributed by atoms with Crippen molar-refractivity contribution in [3.05, 3.63) is 33.6 Å². The molecule has 0 bridgehead atoms. The Bertz CT molecular complexity index is 487. The first-order chi connectivity index (χ1) is 8.99. The third-order valence-corrected chi connectivity index (χ3v) is 4.86. The number of halogens is 3. The maximum absolute atomic E-state index is 14.1. The van der Waals surface area contributed by atoms with Gasteiger partial charge in [-0.3, -0.25) is 4.79 Å². The molecule has 1 aliphatic rings. The van der Waals surface area contributed by atoms with Crippen LogP contribution in [0.5, 0.6) is 0 Å². The highest BCUT2D eigenvalue weighted by molar-refractivity contribution is 6.42. The van der Waals surface area contributed by atoms with Crippen LogP contribution in [0.2, 0.25) is 10.0 Å². The van der Waals surface area contributed by atoms with Crippen molar-refractivity contribution in [3.8, 4) is 0 Å². The fourth-order valence-electron chi connectivity index (χ4n) is 2.98. The summed E-state index contributed by atoms with van der Waals surface area (Å²) < 4.78 is 14.1. The minimum absolute atomic E-state index is 0.184. The number of carbonyl (C=O) groups is 1. The Labute approximate surface area is 122 Å². The van der Waals surface area contributed by atoms with E-state index in [-0.39, 0.29) is 10.4 Å². The summed E-state index contributed by atoms with van der Waals surface area (Å²) in [5.74, 6) is -0.429. The number of hydrogen-bond acceptors (Lipinski definition) is 1. The second kappa shape index (κ2) is 5.68. The average Bonchev–Trinajstić information content (AvgIpc) is 2.81. The van der Waals surface area contributed by atoms with Gasteiger partial charge >= 0.3 is 0 Å². The summed E-state index contributed by atoms with van der Waals surface area (Å²) in [5, 5.41) is 3.22. The minimum atomic E-state index is -0.446. The molecular weight excluding hydrogens is 288 g/mol. The highest BCUT2D eigenvalue weighted by Crippen LogP contribution is 2.49. The molecule has 1 amide bonds. The van der Waals surface area contributed by atoms with Crippen LogP contribution in [-0.4, -0.2) is 6.41 Å². The van der Waals surface area contributed by atoms with E-state index in [0.29, 0.717) is 17.0 Å². The lowest BCUT2D eigenvalue weighted by Gasteiger charge is -2.34. The lowest BCUT2D eigenvalue weighted by Crippen LogP contribution is -2.34. The van der Waals surface area contributed by atoms with Crippen LogP contribution in [0.1, 0.15) is 44.2 Å². The first-order valence-corrected chi connectivity index (χ1v) is 7.08. The number of benzene rings is 1. The van der Waals surface area contributed by atoms with Crippen LogP contribution < -0.4 is 5.32 Å². The SMILES string of the molecule is CC1([C@H](NC=O)c2c(F)ccc(Cl)c2Cl)CCCC1. The van der Waals surface area contributed by atoms with Crippen molar-refractivity contribution in [1.29, 1.82) is 0 Å². The largest absolute Gasteiger partial charge is 0.351 e. The first-order valence-electron chi connectivity index (χ1n) is 6.33. The topological polar surface area (TPSA) is 29.1 Å². The summed E-state index contributed by atoms with van der Waals surface area (Å²) in [7, 11) is 0. The van der Waals surface area contributed by atoms with Crippen molar-refractivity contribution in [3.63, 3.8) is 0 Å². The molecule has 5 heteroatoms. The molecule has 1 N–H and O–H groups in total. The third-order valence-electron chi connectivity index (χ3n) is 4.05. The molecule has 0 saturated heterocycles. The van der Waals surface area contributed by atoms with E-state index in [1.807, 2.05) is 0 Å². The van der Waals surface area contributed by atoms with Gasteiger partial charge in [-0.15, -0.1) is 0 Å². The Kier molecular flexibility index (Phi) is 4.36. The number of hydrogen-bond donors (Lipinski definition) is 1. The van der Waals surface area contributed by atoms with Gasteiger partial charge in [0, 0.05) is 5.56 Å². The van der Waals surface area contributed by atoms with Crippen molar-refractivity contribution in [1.82, 2.24) is 5.32 Å². The van der Waals surface area contributed by atoms with Crippen LogP contribution in [0.25, 0.3) is 0 Å². The average molecular weight is 304 g/mol. The third kappa shape index (κ3) is 2.72. The van der Waals surface area contributed by atoms with Gasteiger partial charge in [0.2, 0.25) is 6.41 Å². The highest BCUT2D eigenvalue weighted by atomic mass is 35.5. The molecule has 1 aromatic rings. The first kappa shape index (κ1) is 14.6. The Morgan fingerprint density at radius 2 is 2.00 bits per heavy atom. The molecule has 0 aromatic heterocycles. The Hall–Kier alpha value is -0.800. The second-order valence-corrected chi connectivity index (χ2v) is 6.12. The normalized spacial score (nSPS) is 19.2. The zero-order valence-electron chi connectivity index (χ0n) is 10.7. The summed E-state index contributed by atoms with van der Waals surface area (Å²) in [6.45, 7) is 2.05. The van der Waals surface area contributed by atoms with Gasteiger partial charge < -0.3 is 5.32 Å². The van der Waals surface area contributed by atoms with Crippen LogP contribution in [-0.2, 0) is 4.79 Å². The lowest BCUT2D eigenvalue weighted by atomic mass is 9.77. The summed E-state index contributed by atoms with van der Waals surface area (Å²) in [6.07, 6.45) is 4.62. The summed E-state index contributed by atoms with van der Waals surface area (Å²) >= 11 is 12.1. The van der Waals surface area contributed by atoms with Crippen molar-refractivity contribution < 1.29 is 9.18 Å². The van der Waals surface area contributed by atoms with Gasteiger partial charge in [0.15, 0.2) is 0 Å². The van der Waals surface area contributed by atoms with Crippen molar-refractivity contribution >= 4 is 29.6 Å². The molecule has 2 rings (SSSR count). The number of nitrogens with one attached hydrogen (secondary N) is 1. The standard InChI is InChI=1S/C14H16Cl2FNO/c1-14(6-2-3-7-14)13(18-8-19)11-10(17)5-4-9(15)12(11)16/h4-5,8,13H,2-3,6-7H2,1H3,(H,18,19)/t13-/m1/s1. The Morgan fingerprint density at radius 1 is 1.37 bits per heavy atom. The Morgan fingerprint density at radius 3 is 2.58 bits per heavy atom. The van der Waals surface area contributed by atoms with Crippen molar-refractivity contribution in [2.45, 2.75) is 38.6 Å². The van der Waals surface area contributed by atoms with E-state index in [4.69, 9.17) is 23.2 Å². The fraction of sp³-hybridized carbons (Fsp3) is 0.500. The van der Waals surface area contributed by atoms with Crippen LogP contribution in [0.15, 0.2) is 12.1 Å². The van der Waals surface area contributed by atoms with Crippen LogP contribution in [0.4, 0.5) is 4.39 Å². The van der Waals surface area contributed by atoms with Crippen molar-refractivity contribution in [2.24, 2.45) is 5.41 Å². The van der Waals surface area contributed by atoms with Gasteiger partial charge in [-0.25, -0.2) is 4.39 Å². The summed E-state index contributed by atoms with van der Waals surface area (Å²) in [5.41, 5.74) is 0.112. The maximum atomic E-state index is 14.1. The molecular formula is C14H16Cl2FNO. The molecule has 0 aliphatic heterocycles. The maximum Gasteiger partial charge on any atom is 0.207 e. The quantitative estimate of drug-likeness (QED) is 0.644. The smallest absolute Gasteiger partial charge is 0.207 e.